The van der Waals surface area contributed by atoms with Gasteiger partial charge >= 0.3 is 0 Å². The van der Waals surface area contributed by atoms with Crippen LogP contribution in [0.25, 0.3) is 5.57 Å². The summed E-state index contributed by atoms with van der Waals surface area (Å²) in [4.78, 5) is 1.68. The van der Waals surface area contributed by atoms with Crippen LogP contribution < -0.4 is 4.90 Å². The van der Waals surface area contributed by atoms with Crippen molar-refractivity contribution < 1.29 is 9.29 Å². The zero-order chi connectivity index (χ0) is 9.54. The zero-order valence-electron chi connectivity index (χ0n) is 7.96. The first-order valence-corrected chi connectivity index (χ1v) is 5.12. The van der Waals surface area contributed by atoms with Gasteiger partial charge in [-0.25, -0.2) is 4.39 Å². The molecule has 0 atom stereocenters. The van der Waals surface area contributed by atoms with Crippen molar-refractivity contribution in [3.8, 4) is 0 Å². The fraction of sp³-hybridized carbons (Fsp3) is 0.333. The molecule has 0 unspecified atom stereocenters. The van der Waals surface area contributed by atoms with E-state index in [9.17, 15) is 4.39 Å². The molecule has 3 aliphatic rings. The summed E-state index contributed by atoms with van der Waals surface area (Å²) in [5.41, 5.74) is 2.63. The number of hydrogen-bond acceptors (Lipinski definition) is 0. The maximum atomic E-state index is 12.7. The average Bonchev–Trinajstić information content (AvgIpc) is 2.18. The third-order valence-corrected chi connectivity index (χ3v) is 3.30. The number of hydrogen-bond donors (Lipinski definition) is 1. The molecule has 1 saturated heterocycles. The Hall–Kier alpha value is -1.15. The van der Waals surface area contributed by atoms with Gasteiger partial charge in [0.25, 0.3) is 0 Å². The van der Waals surface area contributed by atoms with E-state index in [-0.39, 0.29) is 5.82 Å². The lowest BCUT2D eigenvalue weighted by atomic mass is 9.83. The summed E-state index contributed by atoms with van der Waals surface area (Å²) in [6, 6.07) is 6.89. The van der Waals surface area contributed by atoms with E-state index in [4.69, 9.17) is 0 Å². The van der Waals surface area contributed by atoms with E-state index < -0.39 is 0 Å². The second kappa shape index (κ2) is 2.92. The molecule has 0 amide bonds. The van der Waals surface area contributed by atoms with Crippen molar-refractivity contribution >= 4 is 5.57 Å². The average molecular weight is 190 g/mol. The molecular formula is C12H13FN+. The lowest BCUT2D eigenvalue weighted by molar-refractivity contribution is -0.944. The fourth-order valence-electron chi connectivity index (χ4n) is 2.44. The molecule has 3 heterocycles. The Labute approximate surface area is 82.8 Å². The Balaban J connectivity index is 1.94. The normalized spacial score (nSPS) is 29.4. The highest BCUT2D eigenvalue weighted by Crippen LogP contribution is 2.26. The molecule has 72 valence electrons. The van der Waals surface area contributed by atoms with Crippen LogP contribution in [0.2, 0.25) is 0 Å². The van der Waals surface area contributed by atoms with E-state index in [2.05, 4.69) is 6.08 Å². The van der Waals surface area contributed by atoms with Crippen LogP contribution in [0.3, 0.4) is 0 Å². The molecule has 1 aromatic rings. The highest BCUT2D eigenvalue weighted by molar-refractivity contribution is 5.68. The number of benzene rings is 1. The van der Waals surface area contributed by atoms with E-state index in [0.717, 1.165) is 12.5 Å². The molecule has 2 heteroatoms. The Bertz CT molecular complexity index is 374. The molecule has 0 spiro atoms. The van der Waals surface area contributed by atoms with Crippen LogP contribution in [0.15, 0.2) is 30.3 Å². The van der Waals surface area contributed by atoms with Crippen molar-refractivity contribution in [3.63, 3.8) is 0 Å². The predicted molar refractivity (Wildman–Crippen MR) is 53.4 cm³/mol. The van der Waals surface area contributed by atoms with E-state index in [1.165, 1.54) is 24.2 Å². The van der Waals surface area contributed by atoms with Crippen LogP contribution in [0.4, 0.5) is 4.39 Å². The van der Waals surface area contributed by atoms with Crippen LogP contribution in [-0.4, -0.2) is 19.6 Å². The topological polar surface area (TPSA) is 4.44 Å². The van der Waals surface area contributed by atoms with Gasteiger partial charge in [-0.1, -0.05) is 12.1 Å². The molecule has 1 fully saturated rings. The van der Waals surface area contributed by atoms with Gasteiger partial charge in [-0.15, -0.1) is 0 Å². The number of quaternary nitrogens is 1. The van der Waals surface area contributed by atoms with E-state index >= 15 is 0 Å². The zero-order valence-corrected chi connectivity index (χ0v) is 7.96. The largest absolute Gasteiger partial charge is 0.330 e. The van der Waals surface area contributed by atoms with Crippen LogP contribution in [0, 0.1) is 11.7 Å². The van der Waals surface area contributed by atoms with E-state index in [1.807, 2.05) is 12.1 Å². The van der Waals surface area contributed by atoms with Crippen LogP contribution >= 0.6 is 0 Å². The summed E-state index contributed by atoms with van der Waals surface area (Å²) in [5, 5.41) is 0. The Morgan fingerprint density at radius 2 is 1.86 bits per heavy atom. The van der Waals surface area contributed by atoms with E-state index in [1.54, 1.807) is 17.0 Å². The Kier molecular flexibility index (Phi) is 1.71. The summed E-state index contributed by atoms with van der Waals surface area (Å²) in [5.74, 6) is 0.579. The van der Waals surface area contributed by atoms with Gasteiger partial charge in [0, 0.05) is 0 Å². The molecule has 1 nitrogen and oxygen atoms in total. The van der Waals surface area contributed by atoms with Crippen molar-refractivity contribution in [1.82, 2.24) is 0 Å². The number of nitrogens with one attached hydrogen (secondary N) is 1. The van der Waals surface area contributed by atoms with Crippen molar-refractivity contribution in [2.75, 3.05) is 19.6 Å². The highest BCUT2D eigenvalue weighted by atomic mass is 19.1. The van der Waals surface area contributed by atoms with Gasteiger partial charge in [-0.2, -0.15) is 0 Å². The standard InChI is InChI=1S/C12H12FN/c13-11-3-1-9(2-4-11)12-5-6-14-7-10(12)8-14/h1-5,10H,6-8H2/p+1. The first kappa shape index (κ1) is 8.18. The second-order valence-corrected chi connectivity index (χ2v) is 4.23. The van der Waals surface area contributed by atoms with Gasteiger partial charge < -0.3 is 4.90 Å². The first-order valence-electron chi connectivity index (χ1n) is 5.12. The Morgan fingerprint density at radius 1 is 1.14 bits per heavy atom. The molecule has 1 N–H and O–H groups in total. The number of rotatable bonds is 1. The van der Waals surface area contributed by atoms with Crippen LogP contribution in [0.1, 0.15) is 5.56 Å². The molecule has 1 aromatic carbocycles. The van der Waals surface area contributed by atoms with Crippen LogP contribution in [0.5, 0.6) is 0 Å². The van der Waals surface area contributed by atoms with Crippen molar-refractivity contribution in [1.29, 1.82) is 0 Å². The molecule has 0 radical (unpaired) electrons. The molecule has 14 heavy (non-hydrogen) atoms. The number of fused-ring (bicyclic) bond motifs is 1. The van der Waals surface area contributed by atoms with Gasteiger partial charge in [-0.05, 0) is 29.3 Å². The third kappa shape index (κ3) is 1.18. The monoisotopic (exact) mass is 190 g/mol. The summed E-state index contributed by atoms with van der Waals surface area (Å²) in [6.45, 7) is 3.68. The summed E-state index contributed by atoms with van der Waals surface area (Å²) in [7, 11) is 0. The van der Waals surface area contributed by atoms with Gasteiger partial charge in [0.2, 0.25) is 0 Å². The fourth-order valence-corrected chi connectivity index (χ4v) is 2.44. The van der Waals surface area contributed by atoms with Gasteiger partial charge in [0.05, 0.1) is 25.6 Å². The summed E-state index contributed by atoms with van der Waals surface area (Å²) >= 11 is 0. The van der Waals surface area contributed by atoms with Crippen molar-refractivity contribution in [2.45, 2.75) is 0 Å². The molecule has 0 aliphatic carbocycles. The van der Waals surface area contributed by atoms with Crippen molar-refractivity contribution in [2.24, 2.45) is 5.92 Å². The molecule has 0 aromatic heterocycles. The first-order chi connectivity index (χ1) is 6.83. The summed E-state index contributed by atoms with van der Waals surface area (Å²) < 4.78 is 12.7. The van der Waals surface area contributed by atoms with Gasteiger partial charge in [0.15, 0.2) is 0 Å². The maximum absolute atomic E-state index is 12.7. The SMILES string of the molecule is Fc1ccc(C2=CC[NH+]3CC2C3)cc1. The minimum absolute atomic E-state index is 0.147. The lowest BCUT2D eigenvalue weighted by Crippen LogP contribution is -3.20. The lowest BCUT2D eigenvalue weighted by Gasteiger charge is -2.40. The molecule has 3 aliphatic heterocycles. The number of halogens is 1. The predicted octanol–water partition coefficient (Wildman–Crippen LogP) is 0.737. The molecule has 4 rings (SSSR count). The van der Waals surface area contributed by atoms with Gasteiger partial charge in [-0.3, -0.25) is 0 Å². The highest BCUT2D eigenvalue weighted by Gasteiger charge is 2.37. The summed E-state index contributed by atoms with van der Waals surface area (Å²) in [6.07, 6.45) is 2.31. The second-order valence-electron chi connectivity index (χ2n) is 4.23. The molecule has 0 saturated carbocycles. The smallest absolute Gasteiger partial charge is 0.123 e. The minimum atomic E-state index is -0.147. The Morgan fingerprint density at radius 3 is 2.43 bits per heavy atom. The van der Waals surface area contributed by atoms with E-state index in [0.29, 0.717) is 0 Å². The van der Waals surface area contributed by atoms with Crippen molar-refractivity contribution in [3.05, 3.63) is 41.7 Å². The maximum Gasteiger partial charge on any atom is 0.123 e. The molecule has 2 bridgehead atoms. The third-order valence-electron chi connectivity index (χ3n) is 3.30. The quantitative estimate of drug-likeness (QED) is 0.666. The van der Waals surface area contributed by atoms with Gasteiger partial charge in [0.1, 0.15) is 5.82 Å². The molecular weight excluding hydrogens is 177 g/mol. The van der Waals surface area contributed by atoms with Crippen LogP contribution in [-0.2, 0) is 0 Å². The minimum Gasteiger partial charge on any atom is -0.330 e.